The van der Waals surface area contributed by atoms with Crippen molar-refractivity contribution in [2.24, 2.45) is 0 Å². The SMILES string of the molecule is COc1ccccc1C(=O)NNc1ncnc(NC(C)c2ccccc2)c1N. The smallest absolute Gasteiger partial charge is 0.273 e. The Labute approximate surface area is 163 Å². The molecule has 8 nitrogen and oxygen atoms in total. The highest BCUT2D eigenvalue weighted by Gasteiger charge is 2.14. The molecule has 1 amide bonds. The van der Waals surface area contributed by atoms with Crippen molar-refractivity contribution in [3.63, 3.8) is 0 Å². The van der Waals surface area contributed by atoms with Gasteiger partial charge in [0.05, 0.1) is 18.7 Å². The van der Waals surface area contributed by atoms with Gasteiger partial charge in [-0.2, -0.15) is 0 Å². The van der Waals surface area contributed by atoms with Crippen LogP contribution in [0.25, 0.3) is 0 Å². The number of para-hydroxylation sites is 1. The zero-order valence-corrected chi connectivity index (χ0v) is 15.6. The molecule has 0 aliphatic carbocycles. The van der Waals surface area contributed by atoms with E-state index >= 15 is 0 Å². The van der Waals surface area contributed by atoms with Gasteiger partial charge in [-0.3, -0.25) is 15.6 Å². The first-order chi connectivity index (χ1) is 13.6. The van der Waals surface area contributed by atoms with E-state index in [2.05, 4.69) is 26.1 Å². The predicted octanol–water partition coefficient (Wildman–Crippen LogP) is 3.00. The number of carbonyl (C=O) groups is 1. The number of nitrogens with one attached hydrogen (secondary N) is 3. The number of hydrazine groups is 1. The van der Waals surface area contributed by atoms with Crippen molar-refractivity contribution in [2.45, 2.75) is 13.0 Å². The maximum atomic E-state index is 12.4. The zero-order valence-electron chi connectivity index (χ0n) is 15.6. The topological polar surface area (TPSA) is 114 Å². The largest absolute Gasteiger partial charge is 0.496 e. The Bertz CT molecular complexity index is 948. The fourth-order valence-corrected chi connectivity index (χ4v) is 2.66. The Hall–Kier alpha value is -3.81. The molecule has 8 heteroatoms. The van der Waals surface area contributed by atoms with Crippen LogP contribution < -0.4 is 26.6 Å². The van der Waals surface area contributed by atoms with Crippen LogP contribution in [-0.4, -0.2) is 23.0 Å². The minimum atomic E-state index is -0.373. The van der Waals surface area contributed by atoms with E-state index in [0.29, 0.717) is 28.6 Å². The van der Waals surface area contributed by atoms with Gasteiger partial charge in [-0.25, -0.2) is 9.97 Å². The molecule has 3 aromatic rings. The van der Waals surface area contributed by atoms with E-state index in [1.807, 2.05) is 37.3 Å². The Balaban J connectivity index is 1.70. The van der Waals surface area contributed by atoms with Crippen molar-refractivity contribution in [1.82, 2.24) is 15.4 Å². The lowest BCUT2D eigenvalue weighted by Crippen LogP contribution is -2.30. The molecule has 1 aromatic heterocycles. The van der Waals surface area contributed by atoms with Gasteiger partial charge in [0, 0.05) is 0 Å². The van der Waals surface area contributed by atoms with Gasteiger partial charge >= 0.3 is 0 Å². The number of hydrogen-bond donors (Lipinski definition) is 4. The first-order valence-electron chi connectivity index (χ1n) is 8.71. The molecular formula is C20H22N6O2. The number of nitrogens with two attached hydrogens (primary N) is 1. The molecule has 1 heterocycles. The molecule has 1 unspecified atom stereocenters. The fraction of sp³-hybridized carbons (Fsp3) is 0.150. The molecule has 0 aliphatic heterocycles. The Morgan fingerprint density at radius 1 is 1.04 bits per heavy atom. The third kappa shape index (κ3) is 4.29. The summed E-state index contributed by atoms with van der Waals surface area (Å²) in [5.74, 6) is 0.862. The first kappa shape index (κ1) is 19.0. The van der Waals surface area contributed by atoms with E-state index in [1.165, 1.54) is 13.4 Å². The summed E-state index contributed by atoms with van der Waals surface area (Å²) in [7, 11) is 1.51. The number of aromatic nitrogens is 2. The van der Waals surface area contributed by atoms with E-state index in [9.17, 15) is 4.79 Å². The lowest BCUT2D eigenvalue weighted by atomic mass is 10.1. The van der Waals surface area contributed by atoms with Crippen molar-refractivity contribution in [3.8, 4) is 5.75 Å². The van der Waals surface area contributed by atoms with E-state index in [1.54, 1.807) is 24.3 Å². The van der Waals surface area contributed by atoms with Crippen molar-refractivity contribution in [3.05, 3.63) is 72.1 Å². The highest BCUT2D eigenvalue weighted by atomic mass is 16.5. The maximum absolute atomic E-state index is 12.4. The van der Waals surface area contributed by atoms with Crippen LogP contribution in [0.4, 0.5) is 17.3 Å². The molecule has 0 fully saturated rings. The summed E-state index contributed by atoms with van der Waals surface area (Å²) in [5.41, 5.74) is 13.3. The number of anilines is 3. The van der Waals surface area contributed by atoms with Gasteiger partial charge in [0.15, 0.2) is 11.6 Å². The van der Waals surface area contributed by atoms with Crippen LogP contribution in [0, 0.1) is 0 Å². The van der Waals surface area contributed by atoms with Crippen LogP contribution in [0.5, 0.6) is 5.75 Å². The molecule has 5 N–H and O–H groups in total. The Morgan fingerprint density at radius 2 is 1.71 bits per heavy atom. The summed E-state index contributed by atoms with van der Waals surface area (Å²) in [6.45, 7) is 2.01. The molecule has 0 bridgehead atoms. The van der Waals surface area contributed by atoms with Crippen LogP contribution in [0.1, 0.15) is 28.9 Å². The van der Waals surface area contributed by atoms with Crippen molar-refractivity contribution < 1.29 is 9.53 Å². The number of rotatable bonds is 7. The lowest BCUT2D eigenvalue weighted by Gasteiger charge is -2.18. The molecule has 0 spiro atoms. The highest BCUT2D eigenvalue weighted by Crippen LogP contribution is 2.26. The van der Waals surface area contributed by atoms with Crippen LogP contribution >= 0.6 is 0 Å². The molecule has 144 valence electrons. The van der Waals surface area contributed by atoms with Crippen molar-refractivity contribution in [2.75, 3.05) is 23.6 Å². The standard InChI is InChI=1S/C20H22N6O2/c1-13(14-8-4-3-5-9-14)24-18-17(21)19(23-12-22-18)25-26-20(27)15-10-6-7-11-16(15)28-2/h3-13H,21H2,1-2H3,(H,26,27)(H2,22,23,24,25). The van der Waals surface area contributed by atoms with Crippen molar-refractivity contribution >= 4 is 23.2 Å². The lowest BCUT2D eigenvalue weighted by molar-refractivity contribution is 0.0959. The normalized spacial score (nSPS) is 11.4. The summed E-state index contributed by atoms with van der Waals surface area (Å²) in [4.78, 5) is 20.7. The van der Waals surface area contributed by atoms with Crippen LogP contribution in [0.15, 0.2) is 60.9 Å². The Morgan fingerprint density at radius 3 is 2.46 bits per heavy atom. The number of hydrogen-bond acceptors (Lipinski definition) is 7. The van der Waals surface area contributed by atoms with Gasteiger partial charge < -0.3 is 15.8 Å². The summed E-state index contributed by atoms with van der Waals surface area (Å²) in [6, 6.07) is 16.8. The predicted molar refractivity (Wildman–Crippen MR) is 109 cm³/mol. The van der Waals surface area contributed by atoms with Gasteiger partial charge in [-0.05, 0) is 24.6 Å². The highest BCUT2D eigenvalue weighted by molar-refractivity contribution is 5.97. The molecule has 2 aromatic carbocycles. The second kappa shape index (κ2) is 8.72. The number of benzene rings is 2. The summed E-state index contributed by atoms with van der Waals surface area (Å²) >= 11 is 0. The van der Waals surface area contributed by atoms with Gasteiger partial charge in [0.25, 0.3) is 5.91 Å². The third-order valence-electron chi connectivity index (χ3n) is 4.18. The molecule has 28 heavy (non-hydrogen) atoms. The number of ether oxygens (including phenoxy) is 1. The minimum absolute atomic E-state index is 0.00517. The number of nitrogen functional groups attached to an aromatic ring is 1. The van der Waals surface area contributed by atoms with Crippen LogP contribution in [0.3, 0.4) is 0 Å². The molecule has 3 rings (SSSR count). The molecule has 0 saturated heterocycles. The van der Waals surface area contributed by atoms with E-state index in [0.717, 1.165) is 5.56 Å². The van der Waals surface area contributed by atoms with E-state index in [4.69, 9.17) is 10.5 Å². The second-order valence-corrected chi connectivity index (χ2v) is 6.04. The van der Waals surface area contributed by atoms with Gasteiger partial charge in [-0.15, -0.1) is 0 Å². The van der Waals surface area contributed by atoms with Gasteiger partial charge in [-0.1, -0.05) is 42.5 Å². The zero-order chi connectivity index (χ0) is 19.9. The average Bonchev–Trinajstić information content (AvgIpc) is 2.74. The average molecular weight is 378 g/mol. The Kier molecular flexibility index (Phi) is 5.91. The first-order valence-corrected chi connectivity index (χ1v) is 8.71. The monoisotopic (exact) mass is 378 g/mol. The molecule has 0 aliphatic rings. The number of carbonyl (C=O) groups excluding carboxylic acids is 1. The quantitative estimate of drug-likeness (QED) is 0.467. The molecule has 0 radical (unpaired) electrons. The van der Waals surface area contributed by atoms with Crippen molar-refractivity contribution in [1.29, 1.82) is 0 Å². The van der Waals surface area contributed by atoms with E-state index < -0.39 is 0 Å². The minimum Gasteiger partial charge on any atom is -0.496 e. The second-order valence-electron chi connectivity index (χ2n) is 6.04. The number of amides is 1. The number of methoxy groups -OCH3 is 1. The molecule has 0 saturated carbocycles. The van der Waals surface area contributed by atoms with Crippen LogP contribution in [0.2, 0.25) is 0 Å². The fourth-order valence-electron chi connectivity index (χ4n) is 2.66. The van der Waals surface area contributed by atoms with Gasteiger partial charge in [0.1, 0.15) is 17.8 Å². The third-order valence-corrected chi connectivity index (χ3v) is 4.18. The van der Waals surface area contributed by atoms with Gasteiger partial charge in [0.2, 0.25) is 0 Å². The summed E-state index contributed by atoms with van der Waals surface area (Å²) in [6.07, 6.45) is 1.37. The van der Waals surface area contributed by atoms with Crippen LogP contribution in [-0.2, 0) is 0 Å². The summed E-state index contributed by atoms with van der Waals surface area (Å²) in [5, 5.41) is 3.26. The molecule has 1 atom stereocenters. The summed E-state index contributed by atoms with van der Waals surface area (Å²) < 4.78 is 5.20. The molecular weight excluding hydrogens is 356 g/mol. The maximum Gasteiger partial charge on any atom is 0.273 e. The van der Waals surface area contributed by atoms with E-state index in [-0.39, 0.29) is 11.9 Å². The number of nitrogens with zero attached hydrogens (tertiary/aromatic N) is 2.